The molecule has 6 heteroatoms. The third-order valence-electron chi connectivity index (χ3n) is 6.91. The summed E-state index contributed by atoms with van der Waals surface area (Å²) in [5.41, 5.74) is 1.19. The lowest BCUT2D eigenvalue weighted by Crippen LogP contribution is -2.51. The predicted molar refractivity (Wildman–Crippen MR) is 112 cm³/mol. The van der Waals surface area contributed by atoms with Gasteiger partial charge in [-0.1, -0.05) is 18.2 Å². The van der Waals surface area contributed by atoms with Gasteiger partial charge in [-0.05, 0) is 61.1 Å². The Morgan fingerprint density at radius 1 is 0.967 bits per heavy atom. The fourth-order valence-corrected chi connectivity index (χ4v) is 5.10. The van der Waals surface area contributed by atoms with E-state index in [-0.39, 0.29) is 12.6 Å². The molecule has 2 aliphatic heterocycles. The molecular formula is C24H29FN2O3. The zero-order valence-electron chi connectivity index (χ0n) is 17.2. The molecule has 1 saturated heterocycles. The minimum atomic E-state index is -0.781. The van der Waals surface area contributed by atoms with E-state index in [2.05, 4.69) is 9.80 Å². The second-order valence-corrected chi connectivity index (χ2v) is 8.77. The number of ether oxygens (including phenoxy) is 2. The molecule has 160 valence electrons. The number of piperazine rings is 1. The van der Waals surface area contributed by atoms with Gasteiger partial charge >= 0.3 is 0 Å². The lowest BCUT2D eigenvalue weighted by atomic mass is 9.77. The fraction of sp³-hybridized carbons (Fsp3) is 0.500. The van der Waals surface area contributed by atoms with E-state index in [0.717, 1.165) is 81.0 Å². The van der Waals surface area contributed by atoms with Crippen LogP contribution in [0.3, 0.4) is 0 Å². The maximum absolute atomic E-state index is 13.4. The molecule has 0 spiro atoms. The van der Waals surface area contributed by atoms with Crippen LogP contribution in [0.1, 0.15) is 36.8 Å². The van der Waals surface area contributed by atoms with Gasteiger partial charge in [-0.25, -0.2) is 4.39 Å². The van der Waals surface area contributed by atoms with E-state index in [0.29, 0.717) is 6.04 Å². The quantitative estimate of drug-likeness (QED) is 0.833. The van der Waals surface area contributed by atoms with Gasteiger partial charge in [-0.15, -0.1) is 0 Å². The summed E-state index contributed by atoms with van der Waals surface area (Å²) < 4.78 is 24.3. The summed E-state index contributed by atoms with van der Waals surface area (Å²) in [6, 6.07) is 13.2. The molecule has 0 radical (unpaired) electrons. The van der Waals surface area contributed by atoms with Gasteiger partial charge in [0.2, 0.25) is 6.79 Å². The average Bonchev–Trinajstić information content (AvgIpc) is 3.23. The lowest BCUT2D eigenvalue weighted by Gasteiger charge is -2.44. The van der Waals surface area contributed by atoms with Crippen LogP contribution < -0.4 is 9.47 Å². The molecule has 2 heterocycles. The van der Waals surface area contributed by atoms with Crippen LogP contribution in [0.25, 0.3) is 0 Å². The van der Waals surface area contributed by atoms with E-state index >= 15 is 0 Å². The summed E-state index contributed by atoms with van der Waals surface area (Å²) in [4.78, 5) is 4.97. The number of rotatable bonds is 4. The van der Waals surface area contributed by atoms with Crippen molar-refractivity contribution >= 4 is 0 Å². The monoisotopic (exact) mass is 412 g/mol. The van der Waals surface area contributed by atoms with E-state index in [9.17, 15) is 9.50 Å². The molecule has 5 rings (SSSR count). The molecule has 1 N–H and O–H groups in total. The molecule has 0 amide bonds. The van der Waals surface area contributed by atoms with Crippen molar-refractivity contribution in [2.45, 2.75) is 43.9 Å². The van der Waals surface area contributed by atoms with Crippen LogP contribution in [-0.2, 0) is 12.1 Å². The molecule has 0 atom stereocenters. The van der Waals surface area contributed by atoms with Gasteiger partial charge < -0.3 is 14.6 Å². The van der Waals surface area contributed by atoms with Crippen LogP contribution in [0.5, 0.6) is 11.5 Å². The summed E-state index contributed by atoms with van der Waals surface area (Å²) in [6.07, 6.45) is 3.52. The first-order valence-electron chi connectivity index (χ1n) is 10.9. The molecule has 1 aliphatic carbocycles. The summed E-state index contributed by atoms with van der Waals surface area (Å²) in [7, 11) is 0. The van der Waals surface area contributed by atoms with Crippen molar-refractivity contribution < 1.29 is 19.0 Å². The van der Waals surface area contributed by atoms with Crippen LogP contribution in [0.4, 0.5) is 4.39 Å². The smallest absolute Gasteiger partial charge is 0.231 e. The first kappa shape index (κ1) is 19.8. The van der Waals surface area contributed by atoms with E-state index in [4.69, 9.17) is 9.47 Å². The molecule has 0 unspecified atom stereocenters. The lowest BCUT2D eigenvalue weighted by molar-refractivity contribution is -0.0321. The topological polar surface area (TPSA) is 45.2 Å². The molecule has 3 aliphatic rings. The number of fused-ring (bicyclic) bond motifs is 1. The molecule has 2 fully saturated rings. The molecule has 2 aromatic rings. The Bertz CT molecular complexity index is 890. The maximum atomic E-state index is 13.4. The summed E-state index contributed by atoms with van der Waals surface area (Å²) in [5, 5.41) is 11.3. The highest BCUT2D eigenvalue weighted by Crippen LogP contribution is 2.42. The largest absolute Gasteiger partial charge is 0.454 e. The normalized spacial score (nSPS) is 27.3. The molecular weight excluding hydrogens is 383 g/mol. The summed E-state index contributed by atoms with van der Waals surface area (Å²) in [5.74, 6) is 1.33. The number of aliphatic hydroxyl groups is 1. The van der Waals surface area contributed by atoms with Crippen LogP contribution in [-0.4, -0.2) is 53.9 Å². The van der Waals surface area contributed by atoms with E-state index < -0.39 is 5.60 Å². The predicted octanol–water partition coefficient (Wildman–Crippen LogP) is 3.50. The van der Waals surface area contributed by atoms with E-state index in [1.807, 2.05) is 24.3 Å². The SMILES string of the molecule is OC1(c2ccc3c(c2)OCO3)CCC(N2CCN(Cc3cccc(F)c3)CC2)CC1. The van der Waals surface area contributed by atoms with Crippen molar-refractivity contribution in [3.8, 4) is 11.5 Å². The van der Waals surface area contributed by atoms with Gasteiger partial charge in [0, 0.05) is 38.8 Å². The Hall–Kier alpha value is -2.15. The molecule has 0 aromatic heterocycles. The zero-order valence-corrected chi connectivity index (χ0v) is 17.2. The van der Waals surface area contributed by atoms with Gasteiger partial charge in [-0.2, -0.15) is 0 Å². The Kier molecular flexibility index (Phi) is 5.39. The van der Waals surface area contributed by atoms with Crippen LogP contribution >= 0.6 is 0 Å². The van der Waals surface area contributed by atoms with Gasteiger partial charge in [0.15, 0.2) is 11.5 Å². The molecule has 2 aromatic carbocycles. The third kappa shape index (κ3) is 4.04. The number of benzene rings is 2. The minimum absolute atomic E-state index is 0.164. The van der Waals surface area contributed by atoms with Crippen LogP contribution in [0, 0.1) is 5.82 Å². The van der Waals surface area contributed by atoms with Crippen molar-refractivity contribution in [3.05, 3.63) is 59.4 Å². The maximum Gasteiger partial charge on any atom is 0.231 e. The van der Waals surface area contributed by atoms with Gasteiger partial charge in [0.05, 0.1) is 5.60 Å². The highest BCUT2D eigenvalue weighted by Gasteiger charge is 2.38. The zero-order chi connectivity index (χ0) is 20.6. The van der Waals surface area contributed by atoms with Crippen molar-refractivity contribution in [1.29, 1.82) is 0 Å². The van der Waals surface area contributed by atoms with Crippen LogP contribution in [0.2, 0.25) is 0 Å². The number of halogens is 1. The Morgan fingerprint density at radius 2 is 1.73 bits per heavy atom. The molecule has 1 saturated carbocycles. The molecule has 5 nitrogen and oxygen atoms in total. The average molecular weight is 413 g/mol. The van der Waals surface area contributed by atoms with E-state index in [1.165, 1.54) is 6.07 Å². The number of hydrogen-bond donors (Lipinski definition) is 1. The van der Waals surface area contributed by atoms with Gasteiger partial charge in [0.1, 0.15) is 5.82 Å². The minimum Gasteiger partial charge on any atom is -0.454 e. The van der Waals surface area contributed by atoms with E-state index in [1.54, 1.807) is 12.1 Å². The third-order valence-corrected chi connectivity index (χ3v) is 6.91. The number of nitrogens with zero attached hydrogens (tertiary/aromatic N) is 2. The summed E-state index contributed by atoms with van der Waals surface area (Å²) in [6.45, 7) is 5.12. The highest BCUT2D eigenvalue weighted by atomic mass is 19.1. The highest BCUT2D eigenvalue weighted by molar-refractivity contribution is 5.46. The standard InChI is InChI=1S/C24H29FN2O3/c25-20-3-1-2-18(14-20)16-26-10-12-27(13-11-26)21-6-8-24(28,9-7-21)19-4-5-22-23(15-19)30-17-29-22/h1-5,14-15,21,28H,6-13,16-17H2. The van der Waals surface area contributed by atoms with Crippen molar-refractivity contribution in [2.75, 3.05) is 33.0 Å². The molecule has 0 bridgehead atoms. The second-order valence-electron chi connectivity index (χ2n) is 8.77. The second kappa shape index (κ2) is 8.17. The first-order valence-corrected chi connectivity index (χ1v) is 10.9. The summed E-state index contributed by atoms with van der Waals surface area (Å²) >= 11 is 0. The Labute approximate surface area is 177 Å². The van der Waals surface area contributed by atoms with Crippen molar-refractivity contribution in [1.82, 2.24) is 9.80 Å². The Morgan fingerprint density at radius 3 is 2.50 bits per heavy atom. The van der Waals surface area contributed by atoms with Crippen molar-refractivity contribution in [3.63, 3.8) is 0 Å². The van der Waals surface area contributed by atoms with Crippen molar-refractivity contribution in [2.24, 2.45) is 0 Å². The van der Waals surface area contributed by atoms with Gasteiger partial charge in [0.25, 0.3) is 0 Å². The molecule has 30 heavy (non-hydrogen) atoms. The first-order chi connectivity index (χ1) is 14.6. The van der Waals surface area contributed by atoms with Gasteiger partial charge in [-0.3, -0.25) is 9.80 Å². The fourth-order valence-electron chi connectivity index (χ4n) is 5.10. The Balaban J connectivity index is 1.14. The van der Waals surface area contributed by atoms with Crippen LogP contribution in [0.15, 0.2) is 42.5 Å². The number of hydrogen-bond acceptors (Lipinski definition) is 5.